The van der Waals surface area contributed by atoms with Gasteiger partial charge in [0.2, 0.25) is 0 Å². The molecule has 1 heterocycles. The van der Waals surface area contributed by atoms with Gasteiger partial charge in [-0.3, -0.25) is 4.72 Å². The highest BCUT2D eigenvalue weighted by molar-refractivity contribution is 7.92. The van der Waals surface area contributed by atoms with E-state index in [9.17, 15) is 22.7 Å². The van der Waals surface area contributed by atoms with Gasteiger partial charge in [0.1, 0.15) is 11.6 Å². The van der Waals surface area contributed by atoms with Gasteiger partial charge in [-0.05, 0) is 42.5 Å². The molecule has 25 heavy (non-hydrogen) atoms. The molecule has 7 nitrogen and oxygen atoms in total. The van der Waals surface area contributed by atoms with Crippen LogP contribution in [0.15, 0.2) is 47.4 Å². The van der Waals surface area contributed by atoms with Crippen LogP contribution >= 0.6 is 0 Å². The van der Waals surface area contributed by atoms with Crippen molar-refractivity contribution in [2.75, 3.05) is 11.8 Å². The fraction of sp³-hybridized carbons (Fsp3) is 0.0625. The van der Waals surface area contributed by atoms with E-state index in [1.54, 1.807) is 0 Å². The Kier molecular flexibility index (Phi) is 4.09. The Bertz CT molecular complexity index is 1060. The van der Waals surface area contributed by atoms with Crippen LogP contribution in [0.2, 0.25) is 0 Å². The molecule has 0 amide bonds. The number of aromatic amines is 1. The van der Waals surface area contributed by atoms with E-state index < -0.39 is 27.5 Å². The molecule has 0 radical (unpaired) electrons. The predicted octanol–water partition coefficient (Wildman–Crippen LogP) is 1.48. The number of carboxylic acids is 1. The Morgan fingerprint density at radius 3 is 2.48 bits per heavy atom. The standard InChI is InChI=1S/C16H13FN2O5S/c1-24-10-3-5-11(6-4-10)25(22,23)19-14-12-8-9(17)2-7-13(12)18-15(14)16(20)21/h2-8,18-19H,1H3,(H,20,21)/p-1. The Balaban J connectivity index is 2.10. The summed E-state index contributed by atoms with van der Waals surface area (Å²) in [5, 5.41) is 11.4. The van der Waals surface area contributed by atoms with Gasteiger partial charge in [0.25, 0.3) is 10.0 Å². The van der Waals surface area contributed by atoms with Gasteiger partial charge in [-0.1, -0.05) is 0 Å². The molecule has 2 aromatic carbocycles. The lowest BCUT2D eigenvalue weighted by Gasteiger charge is -2.10. The molecule has 130 valence electrons. The van der Waals surface area contributed by atoms with Crippen LogP contribution in [0.5, 0.6) is 5.75 Å². The number of carbonyl (C=O) groups excluding carboxylic acids is 1. The topological polar surface area (TPSA) is 111 Å². The molecule has 0 bridgehead atoms. The van der Waals surface area contributed by atoms with Crippen molar-refractivity contribution in [3.8, 4) is 5.75 Å². The summed E-state index contributed by atoms with van der Waals surface area (Å²) in [6.07, 6.45) is 0. The van der Waals surface area contributed by atoms with Crippen molar-refractivity contribution in [1.82, 2.24) is 4.98 Å². The van der Waals surface area contributed by atoms with Gasteiger partial charge in [-0.2, -0.15) is 0 Å². The molecule has 0 unspecified atom stereocenters. The molecular formula is C16H12FN2O5S-. The van der Waals surface area contributed by atoms with Gasteiger partial charge in [0.05, 0.1) is 29.4 Å². The number of carbonyl (C=O) groups is 1. The minimum Gasteiger partial charge on any atom is -0.543 e. The number of hydrogen-bond donors (Lipinski definition) is 2. The first kappa shape index (κ1) is 16.8. The number of rotatable bonds is 5. The third kappa shape index (κ3) is 3.13. The Labute approximate surface area is 142 Å². The first-order chi connectivity index (χ1) is 11.8. The van der Waals surface area contributed by atoms with Crippen molar-refractivity contribution < 1.29 is 27.4 Å². The zero-order chi connectivity index (χ0) is 18.2. The number of hydrogen-bond acceptors (Lipinski definition) is 5. The lowest BCUT2D eigenvalue weighted by Crippen LogP contribution is -2.25. The number of anilines is 1. The summed E-state index contributed by atoms with van der Waals surface area (Å²) in [7, 11) is -2.67. The van der Waals surface area contributed by atoms with Crippen LogP contribution < -0.4 is 14.6 Å². The molecule has 0 aliphatic rings. The summed E-state index contributed by atoms with van der Waals surface area (Å²) in [4.78, 5) is 13.7. The number of nitrogens with one attached hydrogen (secondary N) is 2. The van der Waals surface area contributed by atoms with E-state index >= 15 is 0 Å². The number of H-pyrrole nitrogens is 1. The lowest BCUT2D eigenvalue weighted by molar-refractivity contribution is -0.255. The highest BCUT2D eigenvalue weighted by Gasteiger charge is 2.20. The third-order valence-electron chi connectivity index (χ3n) is 3.57. The van der Waals surface area contributed by atoms with Gasteiger partial charge in [-0.15, -0.1) is 0 Å². The number of halogens is 1. The van der Waals surface area contributed by atoms with Crippen LogP contribution in [0.25, 0.3) is 10.9 Å². The van der Waals surface area contributed by atoms with Gasteiger partial charge in [0, 0.05) is 10.9 Å². The summed E-state index contributed by atoms with van der Waals surface area (Å²) >= 11 is 0. The Morgan fingerprint density at radius 2 is 1.88 bits per heavy atom. The van der Waals surface area contributed by atoms with Crippen molar-refractivity contribution in [1.29, 1.82) is 0 Å². The van der Waals surface area contributed by atoms with Crippen molar-refractivity contribution >= 4 is 32.6 Å². The van der Waals surface area contributed by atoms with Gasteiger partial charge < -0.3 is 19.6 Å². The first-order valence-corrected chi connectivity index (χ1v) is 8.49. The van der Waals surface area contributed by atoms with E-state index in [1.165, 1.54) is 37.4 Å². The molecule has 0 saturated heterocycles. The summed E-state index contributed by atoms with van der Waals surface area (Å²) < 4.78 is 45.7. The van der Waals surface area contributed by atoms with Gasteiger partial charge >= 0.3 is 0 Å². The maximum atomic E-state index is 13.5. The monoisotopic (exact) mass is 363 g/mol. The summed E-state index contributed by atoms with van der Waals surface area (Å²) in [5.74, 6) is -1.80. The maximum absolute atomic E-state index is 13.5. The number of ether oxygens (including phenoxy) is 1. The number of sulfonamides is 1. The average Bonchev–Trinajstić information content (AvgIpc) is 2.92. The minimum absolute atomic E-state index is 0.0799. The largest absolute Gasteiger partial charge is 0.543 e. The molecule has 0 saturated carbocycles. The van der Waals surface area contributed by atoms with E-state index in [0.717, 1.165) is 12.1 Å². The van der Waals surface area contributed by atoms with Crippen molar-refractivity contribution in [2.24, 2.45) is 0 Å². The Hall–Kier alpha value is -3.07. The molecule has 0 spiro atoms. The average molecular weight is 363 g/mol. The third-order valence-corrected chi connectivity index (χ3v) is 4.94. The van der Waals surface area contributed by atoms with Gasteiger partial charge in [-0.25, -0.2) is 12.8 Å². The van der Waals surface area contributed by atoms with Crippen LogP contribution in [0.1, 0.15) is 10.5 Å². The Morgan fingerprint density at radius 1 is 1.20 bits per heavy atom. The van der Waals surface area contributed by atoms with E-state index in [0.29, 0.717) is 5.75 Å². The van der Waals surface area contributed by atoms with E-state index in [-0.39, 0.29) is 21.5 Å². The number of methoxy groups -OCH3 is 1. The molecule has 0 aliphatic heterocycles. The SMILES string of the molecule is COc1ccc(S(=O)(=O)Nc2c(C(=O)[O-])[nH]c3ccc(F)cc23)cc1. The fourth-order valence-electron chi connectivity index (χ4n) is 2.37. The number of carboxylic acid groups (broad SMARTS) is 1. The number of fused-ring (bicyclic) bond motifs is 1. The van der Waals surface area contributed by atoms with Gasteiger partial charge in [0.15, 0.2) is 0 Å². The van der Waals surface area contributed by atoms with Crippen LogP contribution in [-0.4, -0.2) is 26.5 Å². The molecule has 3 aromatic rings. The molecule has 0 aliphatic carbocycles. The second-order valence-corrected chi connectivity index (χ2v) is 6.82. The van der Waals surface area contributed by atoms with Crippen molar-refractivity contribution in [2.45, 2.75) is 4.90 Å². The van der Waals surface area contributed by atoms with Crippen molar-refractivity contribution in [3.05, 3.63) is 54.0 Å². The second kappa shape index (κ2) is 6.10. The van der Waals surface area contributed by atoms with Crippen LogP contribution in [0, 0.1) is 5.82 Å². The number of benzene rings is 2. The van der Waals surface area contributed by atoms with E-state index in [4.69, 9.17) is 4.74 Å². The number of aromatic nitrogens is 1. The summed E-state index contributed by atoms with van der Waals surface area (Å²) in [6.45, 7) is 0. The fourth-order valence-corrected chi connectivity index (χ4v) is 3.46. The second-order valence-electron chi connectivity index (χ2n) is 5.13. The summed E-state index contributed by atoms with van der Waals surface area (Å²) in [6, 6.07) is 8.96. The van der Waals surface area contributed by atoms with E-state index in [2.05, 4.69) is 9.71 Å². The predicted molar refractivity (Wildman–Crippen MR) is 86.4 cm³/mol. The summed E-state index contributed by atoms with van der Waals surface area (Å²) in [5.41, 5.74) is -0.518. The molecular weight excluding hydrogens is 351 g/mol. The molecule has 2 N–H and O–H groups in total. The molecule has 0 fully saturated rings. The van der Waals surface area contributed by atoms with E-state index in [1.807, 2.05) is 0 Å². The quantitative estimate of drug-likeness (QED) is 0.713. The number of aromatic carboxylic acids is 1. The van der Waals surface area contributed by atoms with Crippen LogP contribution in [-0.2, 0) is 10.0 Å². The van der Waals surface area contributed by atoms with Crippen molar-refractivity contribution in [3.63, 3.8) is 0 Å². The highest BCUT2D eigenvalue weighted by atomic mass is 32.2. The maximum Gasteiger partial charge on any atom is 0.261 e. The normalized spacial score (nSPS) is 11.4. The van der Waals surface area contributed by atoms with Crippen LogP contribution in [0.3, 0.4) is 0 Å². The molecule has 3 rings (SSSR count). The minimum atomic E-state index is -4.11. The lowest BCUT2D eigenvalue weighted by atomic mass is 10.2. The first-order valence-electron chi connectivity index (χ1n) is 7.01. The smallest absolute Gasteiger partial charge is 0.261 e. The van der Waals surface area contributed by atoms with Crippen LogP contribution in [0.4, 0.5) is 10.1 Å². The zero-order valence-corrected chi connectivity index (χ0v) is 13.7. The highest BCUT2D eigenvalue weighted by Crippen LogP contribution is 2.30. The molecule has 9 heteroatoms. The molecule has 1 aromatic heterocycles. The zero-order valence-electron chi connectivity index (χ0n) is 12.9. The molecule has 0 atom stereocenters.